The van der Waals surface area contributed by atoms with Crippen LogP contribution < -0.4 is 10.6 Å². The molecule has 5 nitrogen and oxygen atoms in total. The van der Waals surface area contributed by atoms with Crippen molar-refractivity contribution in [2.75, 3.05) is 26.2 Å². The Morgan fingerprint density at radius 2 is 2.12 bits per heavy atom. The minimum Gasteiger partial charge on any atom is -0.354 e. The third-order valence-electron chi connectivity index (χ3n) is 5.04. The SMILES string of the molecule is Cc1cc(F)cc(C(=O)N2CCCC(CNC(=O)C3CCCN3)C2)c1. The van der Waals surface area contributed by atoms with Crippen LogP contribution in [0.5, 0.6) is 0 Å². The van der Waals surface area contributed by atoms with E-state index >= 15 is 0 Å². The van der Waals surface area contributed by atoms with E-state index in [-0.39, 0.29) is 29.6 Å². The Labute approximate surface area is 148 Å². The van der Waals surface area contributed by atoms with Crippen molar-refractivity contribution in [3.05, 3.63) is 35.1 Å². The molecule has 1 aromatic carbocycles. The highest BCUT2D eigenvalue weighted by Crippen LogP contribution is 2.19. The number of likely N-dealkylation sites (tertiary alicyclic amines) is 1. The minimum atomic E-state index is -0.381. The van der Waals surface area contributed by atoms with Crippen LogP contribution in [0.4, 0.5) is 4.39 Å². The highest BCUT2D eigenvalue weighted by atomic mass is 19.1. The quantitative estimate of drug-likeness (QED) is 0.874. The third kappa shape index (κ3) is 4.57. The predicted molar refractivity (Wildman–Crippen MR) is 93.8 cm³/mol. The summed E-state index contributed by atoms with van der Waals surface area (Å²) in [6.45, 7) is 4.56. The van der Waals surface area contributed by atoms with Crippen molar-refractivity contribution in [2.24, 2.45) is 5.92 Å². The molecule has 0 spiro atoms. The van der Waals surface area contributed by atoms with Crippen molar-refractivity contribution in [3.63, 3.8) is 0 Å². The van der Waals surface area contributed by atoms with Gasteiger partial charge in [-0.2, -0.15) is 0 Å². The lowest BCUT2D eigenvalue weighted by Crippen LogP contribution is -2.46. The van der Waals surface area contributed by atoms with E-state index in [0.717, 1.165) is 37.8 Å². The highest BCUT2D eigenvalue weighted by Gasteiger charge is 2.27. The van der Waals surface area contributed by atoms with Gasteiger partial charge in [-0.1, -0.05) is 0 Å². The summed E-state index contributed by atoms with van der Waals surface area (Å²) in [5.41, 5.74) is 1.14. The number of rotatable bonds is 4. The van der Waals surface area contributed by atoms with Crippen molar-refractivity contribution < 1.29 is 14.0 Å². The maximum absolute atomic E-state index is 13.6. The van der Waals surface area contributed by atoms with Gasteiger partial charge in [-0.25, -0.2) is 4.39 Å². The molecule has 3 rings (SSSR count). The van der Waals surface area contributed by atoms with E-state index in [1.165, 1.54) is 12.1 Å². The largest absolute Gasteiger partial charge is 0.354 e. The number of carbonyl (C=O) groups is 2. The van der Waals surface area contributed by atoms with Crippen LogP contribution in [0.25, 0.3) is 0 Å². The summed E-state index contributed by atoms with van der Waals surface area (Å²) >= 11 is 0. The smallest absolute Gasteiger partial charge is 0.253 e. The summed E-state index contributed by atoms with van der Waals surface area (Å²) in [4.78, 5) is 26.5. The first-order valence-corrected chi connectivity index (χ1v) is 9.10. The van der Waals surface area contributed by atoms with Crippen molar-refractivity contribution >= 4 is 11.8 Å². The Bertz CT molecular complexity index is 623. The number of piperidine rings is 1. The molecule has 2 heterocycles. The summed E-state index contributed by atoms with van der Waals surface area (Å²) in [5, 5.41) is 6.20. The van der Waals surface area contributed by atoms with E-state index in [4.69, 9.17) is 0 Å². The van der Waals surface area contributed by atoms with Gasteiger partial charge in [-0.3, -0.25) is 9.59 Å². The van der Waals surface area contributed by atoms with Crippen LogP contribution in [0, 0.1) is 18.7 Å². The lowest BCUT2D eigenvalue weighted by Gasteiger charge is -2.33. The summed E-state index contributed by atoms with van der Waals surface area (Å²) in [5.74, 6) is -0.205. The normalized spacial score (nSPS) is 23.5. The molecule has 25 heavy (non-hydrogen) atoms. The number of aryl methyl sites for hydroxylation is 1. The molecule has 2 amide bonds. The van der Waals surface area contributed by atoms with E-state index in [1.807, 2.05) is 0 Å². The van der Waals surface area contributed by atoms with Crippen LogP contribution in [0.1, 0.15) is 41.6 Å². The number of amides is 2. The molecule has 136 valence electrons. The van der Waals surface area contributed by atoms with Crippen molar-refractivity contribution in [1.29, 1.82) is 0 Å². The van der Waals surface area contributed by atoms with Gasteiger partial charge < -0.3 is 15.5 Å². The molecule has 2 fully saturated rings. The molecule has 2 saturated heterocycles. The fraction of sp³-hybridized carbons (Fsp3) is 0.579. The van der Waals surface area contributed by atoms with Crippen LogP contribution in [-0.4, -0.2) is 48.9 Å². The fourth-order valence-electron chi connectivity index (χ4n) is 3.73. The van der Waals surface area contributed by atoms with Crippen molar-refractivity contribution in [2.45, 2.75) is 38.6 Å². The zero-order valence-corrected chi connectivity index (χ0v) is 14.7. The van der Waals surface area contributed by atoms with Gasteiger partial charge in [-0.05, 0) is 68.8 Å². The molecule has 6 heteroatoms. The summed E-state index contributed by atoms with van der Waals surface area (Å²) in [6.07, 6.45) is 3.82. The zero-order valence-electron chi connectivity index (χ0n) is 14.7. The molecule has 2 atom stereocenters. The first-order valence-electron chi connectivity index (χ1n) is 9.10. The second kappa shape index (κ2) is 7.95. The number of benzene rings is 1. The molecule has 0 radical (unpaired) electrons. The van der Waals surface area contributed by atoms with Crippen molar-refractivity contribution in [3.8, 4) is 0 Å². The number of nitrogens with one attached hydrogen (secondary N) is 2. The number of carbonyl (C=O) groups excluding carboxylic acids is 2. The average molecular weight is 347 g/mol. The topological polar surface area (TPSA) is 61.4 Å². The Balaban J connectivity index is 1.55. The lowest BCUT2D eigenvalue weighted by molar-refractivity contribution is -0.123. The van der Waals surface area contributed by atoms with Crippen LogP contribution in [0.3, 0.4) is 0 Å². The number of halogens is 1. The zero-order chi connectivity index (χ0) is 17.8. The van der Waals surface area contributed by atoms with Gasteiger partial charge >= 0.3 is 0 Å². The molecule has 2 unspecified atom stereocenters. The minimum absolute atomic E-state index is 0.0571. The maximum atomic E-state index is 13.6. The Kier molecular flexibility index (Phi) is 5.68. The number of hydrogen-bond acceptors (Lipinski definition) is 3. The molecule has 2 N–H and O–H groups in total. The molecular weight excluding hydrogens is 321 g/mol. The average Bonchev–Trinajstić information content (AvgIpc) is 3.13. The third-order valence-corrected chi connectivity index (χ3v) is 5.04. The van der Waals surface area contributed by atoms with Crippen molar-refractivity contribution in [1.82, 2.24) is 15.5 Å². The number of nitrogens with zero attached hydrogens (tertiary/aromatic N) is 1. The molecular formula is C19H26FN3O2. The second-order valence-corrected chi connectivity index (χ2v) is 7.17. The molecule has 0 aliphatic carbocycles. The first-order chi connectivity index (χ1) is 12.0. The highest BCUT2D eigenvalue weighted by molar-refractivity contribution is 5.94. The van der Waals surface area contributed by atoms with Gasteiger partial charge in [0.2, 0.25) is 5.91 Å². The van der Waals surface area contributed by atoms with Gasteiger partial charge in [0.25, 0.3) is 5.91 Å². The number of hydrogen-bond donors (Lipinski definition) is 2. The van der Waals surface area contributed by atoms with E-state index in [9.17, 15) is 14.0 Å². The Morgan fingerprint density at radius 3 is 2.84 bits per heavy atom. The van der Waals surface area contributed by atoms with Crippen LogP contribution >= 0.6 is 0 Å². The summed E-state index contributed by atoms with van der Waals surface area (Å²) in [7, 11) is 0. The van der Waals surface area contributed by atoms with Crippen LogP contribution in [0.2, 0.25) is 0 Å². The van der Waals surface area contributed by atoms with Crippen LogP contribution in [-0.2, 0) is 4.79 Å². The molecule has 2 aliphatic rings. The molecule has 0 saturated carbocycles. The first kappa shape index (κ1) is 17.9. The lowest BCUT2D eigenvalue weighted by atomic mass is 9.97. The monoisotopic (exact) mass is 347 g/mol. The van der Waals surface area contributed by atoms with Gasteiger partial charge in [0.1, 0.15) is 5.82 Å². The maximum Gasteiger partial charge on any atom is 0.253 e. The van der Waals surface area contributed by atoms with Crippen LogP contribution in [0.15, 0.2) is 18.2 Å². The Morgan fingerprint density at radius 1 is 1.28 bits per heavy atom. The van der Waals surface area contributed by atoms with Gasteiger partial charge in [-0.15, -0.1) is 0 Å². The molecule has 1 aromatic rings. The molecule has 2 aliphatic heterocycles. The van der Waals surface area contributed by atoms with E-state index < -0.39 is 0 Å². The summed E-state index contributed by atoms with van der Waals surface area (Å²) < 4.78 is 13.6. The van der Waals surface area contributed by atoms with E-state index in [0.29, 0.717) is 25.2 Å². The van der Waals surface area contributed by atoms with Gasteiger partial charge in [0.05, 0.1) is 6.04 Å². The second-order valence-electron chi connectivity index (χ2n) is 7.17. The van der Waals surface area contributed by atoms with E-state index in [1.54, 1.807) is 17.9 Å². The predicted octanol–water partition coefficient (Wildman–Crippen LogP) is 1.85. The van der Waals surface area contributed by atoms with E-state index in [2.05, 4.69) is 10.6 Å². The standard InChI is InChI=1S/C19H26FN3O2/c1-13-8-15(10-16(20)9-13)19(25)23-7-3-4-14(12-23)11-22-18(24)17-5-2-6-21-17/h8-10,14,17,21H,2-7,11-12H2,1H3,(H,22,24). The Hall–Kier alpha value is -1.95. The van der Waals surface area contributed by atoms with Gasteiger partial charge in [0, 0.05) is 25.2 Å². The molecule has 0 aromatic heterocycles. The summed E-state index contributed by atoms with van der Waals surface area (Å²) in [6, 6.07) is 4.37. The molecule has 0 bridgehead atoms. The van der Waals surface area contributed by atoms with Gasteiger partial charge in [0.15, 0.2) is 0 Å². The fourth-order valence-corrected chi connectivity index (χ4v) is 3.73.